The van der Waals surface area contributed by atoms with Gasteiger partial charge in [-0.3, -0.25) is 9.52 Å². The number of carbonyl (C=O) groups excluding carboxylic acids is 1. The lowest BCUT2D eigenvalue weighted by atomic mass is 9.92. The van der Waals surface area contributed by atoms with Crippen molar-refractivity contribution in [3.8, 4) is 0 Å². The van der Waals surface area contributed by atoms with Crippen molar-refractivity contribution in [2.45, 2.75) is 37.5 Å². The van der Waals surface area contributed by atoms with Gasteiger partial charge in [0.25, 0.3) is 10.0 Å². The molecule has 2 aliphatic heterocycles. The molecular weight excluding hydrogens is 416 g/mol. The Morgan fingerprint density at radius 1 is 1.08 bits per heavy atom. The summed E-state index contributed by atoms with van der Waals surface area (Å²) in [5.41, 5.74) is 4.34. The lowest BCUT2D eigenvalue weighted by Crippen LogP contribution is -2.39. The smallest absolute Gasteiger partial charge is 0.261 e. The van der Waals surface area contributed by atoms with Crippen LogP contribution in [0.5, 0.6) is 0 Å². The first kappa shape index (κ1) is 17.5. The second-order valence-corrected chi connectivity index (χ2v) is 9.35. The van der Waals surface area contributed by atoms with Crippen molar-refractivity contribution < 1.29 is 13.2 Å². The van der Waals surface area contributed by atoms with Crippen molar-refractivity contribution in [3.63, 3.8) is 0 Å². The Morgan fingerprint density at radius 2 is 1.81 bits per heavy atom. The molecule has 0 bridgehead atoms. The van der Waals surface area contributed by atoms with Crippen LogP contribution in [0.3, 0.4) is 0 Å². The molecule has 2 aromatic carbocycles. The summed E-state index contributed by atoms with van der Waals surface area (Å²) in [4.78, 5) is 14.2. The van der Waals surface area contributed by atoms with E-state index >= 15 is 0 Å². The van der Waals surface area contributed by atoms with Crippen LogP contribution in [0.1, 0.15) is 29.5 Å². The number of halogens is 1. The molecular formula is C19H19BrN2O3S. The van der Waals surface area contributed by atoms with Crippen LogP contribution in [-0.4, -0.2) is 20.9 Å². The third kappa shape index (κ3) is 3.03. The molecule has 0 atom stereocenters. The average molecular weight is 435 g/mol. The molecule has 0 saturated carbocycles. The molecule has 0 aromatic heterocycles. The van der Waals surface area contributed by atoms with Crippen molar-refractivity contribution in [1.29, 1.82) is 0 Å². The van der Waals surface area contributed by atoms with E-state index in [4.69, 9.17) is 0 Å². The number of benzene rings is 2. The SMILES string of the molecule is Cc1cc(NS(=O)(=O)c2cc3c4c(c2)CCC(=O)N4CCC3)ccc1Br. The molecule has 0 spiro atoms. The van der Waals surface area contributed by atoms with Crippen molar-refractivity contribution >= 4 is 43.2 Å². The Labute approximate surface area is 161 Å². The van der Waals surface area contributed by atoms with Crippen LogP contribution >= 0.6 is 15.9 Å². The number of hydrogen-bond donors (Lipinski definition) is 1. The predicted molar refractivity (Wildman–Crippen MR) is 105 cm³/mol. The zero-order valence-corrected chi connectivity index (χ0v) is 16.8. The maximum Gasteiger partial charge on any atom is 0.261 e. The maximum atomic E-state index is 12.9. The van der Waals surface area contributed by atoms with Crippen LogP contribution in [0.4, 0.5) is 11.4 Å². The molecule has 2 aromatic rings. The fourth-order valence-electron chi connectivity index (χ4n) is 3.70. The fourth-order valence-corrected chi connectivity index (χ4v) is 5.10. The number of nitrogens with zero attached hydrogens (tertiary/aromatic N) is 1. The van der Waals surface area contributed by atoms with E-state index in [-0.39, 0.29) is 10.8 Å². The largest absolute Gasteiger partial charge is 0.312 e. The standard InChI is InChI=1S/C19H19BrN2O3S/c1-12-9-15(5-6-17(12)20)21-26(24,25)16-10-13-3-2-8-22-18(23)7-4-14(11-16)19(13)22/h5-6,9-11,21H,2-4,7-8H2,1H3. The number of aryl methyl sites for hydroxylation is 3. The highest BCUT2D eigenvalue weighted by Crippen LogP contribution is 2.37. The minimum Gasteiger partial charge on any atom is -0.312 e. The Balaban J connectivity index is 1.73. The number of hydrogen-bond acceptors (Lipinski definition) is 3. The maximum absolute atomic E-state index is 12.9. The molecule has 0 fully saturated rings. The van der Waals surface area contributed by atoms with Crippen molar-refractivity contribution in [2.24, 2.45) is 0 Å². The first-order valence-electron chi connectivity index (χ1n) is 8.60. The lowest BCUT2D eigenvalue weighted by Gasteiger charge is -2.35. The number of anilines is 2. The van der Waals surface area contributed by atoms with Gasteiger partial charge in [0.05, 0.1) is 10.6 Å². The lowest BCUT2D eigenvalue weighted by molar-refractivity contribution is -0.119. The number of nitrogens with one attached hydrogen (secondary N) is 1. The first-order valence-corrected chi connectivity index (χ1v) is 10.9. The molecule has 4 rings (SSSR count). The number of sulfonamides is 1. The first-order chi connectivity index (χ1) is 12.3. The van der Waals surface area contributed by atoms with E-state index in [1.165, 1.54) is 0 Å². The Bertz CT molecular complexity index is 1000. The van der Waals surface area contributed by atoms with Crippen LogP contribution in [-0.2, 0) is 27.7 Å². The van der Waals surface area contributed by atoms with E-state index in [2.05, 4.69) is 20.7 Å². The van der Waals surface area contributed by atoms with E-state index in [1.54, 1.807) is 24.3 Å². The quantitative estimate of drug-likeness (QED) is 0.798. The molecule has 0 unspecified atom stereocenters. The van der Waals surface area contributed by atoms with Crippen LogP contribution in [0.25, 0.3) is 0 Å². The summed E-state index contributed by atoms with van der Waals surface area (Å²) >= 11 is 3.42. The van der Waals surface area contributed by atoms with Gasteiger partial charge in [0.15, 0.2) is 0 Å². The van der Waals surface area contributed by atoms with Gasteiger partial charge >= 0.3 is 0 Å². The van der Waals surface area contributed by atoms with Gasteiger partial charge in [0.2, 0.25) is 5.91 Å². The molecule has 1 N–H and O–H groups in total. The van der Waals surface area contributed by atoms with E-state index in [0.29, 0.717) is 18.5 Å². The normalized spacial score (nSPS) is 16.4. The second kappa shape index (κ2) is 6.39. The molecule has 2 heterocycles. The summed E-state index contributed by atoms with van der Waals surface area (Å²) in [6.45, 7) is 2.64. The van der Waals surface area contributed by atoms with E-state index in [9.17, 15) is 13.2 Å². The third-order valence-corrected chi connectivity index (χ3v) is 7.22. The molecule has 0 radical (unpaired) electrons. The van der Waals surface area contributed by atoms with Crippen LogP contribution in [0, 0.1) is 6.92 Å². The van der Waals surface area contributed by atoms with Gasteiger partial charge in [-0.25, -0.2) is 8.42 Å². The van der Waals surface area contributed by atoms with Crippen LogP contribution in [0.15, 0.2) is 39.7 Å². The van der Waals surface area contributed by atoms with Gasteiger partial charge in [0, 0.05) is 23.1 Å². The van der Waals surface area contributed by atoms with Gasteiger partial charge in [-0.2, -0.15) is 0 Å². The van der Waals surface area contributed by atoms with Gasteiger partial charge in [0.1, 0.15) is 0 Å². The second-order valence-electron chi connectivity index (χ2n) is 6.81. The number of rotatable bonds is 3. The Morgan fingerprint density at radius 3 is 2.54 bits per heavy atom. The van der Waals surface area contributed by atoms with E-state index < -0.39 is 10.0 Å². The molecule has 0 aliphatic carbocycles. The summed E-state index contributed by atoms with van der Waals surface area (Å²) in [5.74, 6) is 0.137. The molecule has 7 heteroatoms. The van der Waals surface area contributed by atoms with E-state index in [1.807, 2.05) is 17.9 Å². The van der Waals surface area contributed by atoms with Gasteiger partial charge < -0.3 is 4.90 Å². The van der Waals surface area contributed by atoms with Crippen LogP contribution in [0.2, 0.25) is 0 Å². The molecule has 1 amide bonds. The van der Waals surface area contributed by atoms with Crippen LogP contribution < -0.4 is 9.62 Å². The fraction of sp³-hybridized carbons (Fsp3) is 0.316. The van der Waals surface area contributed by atoms with E-state index in [0.717, 1.165) is 46.2 Å². The molecule has 136 valence electrons. The highest BCUT2D eigenvalue weighted by Gasteiger charge is 2.31. The zero-order valence-electron chi connectivity index (χ0n) is 14.4. The summed E-state index contributed by atoms with van der Waals surface area (Å²) < 4.78 is 29.4. The van der Waals surface area contributed by atoms with Gasteiger partial charge in [-0.15, -0.1) is 0 Å². The molecule has 2 aliphatic rings. The van der Waals surface area contributed by atoms with Crippen molar-refractivity contribution in [2.75, 3.05) is 16.2 Å². The summed E-state index contributed by atoms with van der Waals surface area (Å²) in [6.07, 6.45) is 2.70. The highest BCUT2D eigenvalue weighted by molar-refractivity contribution is 9.10. The monoisotopic (exact) mass is 434 g/mol. The third-order valence-electron chi connectivity index (χ3n) is 4.97. The predicted octanol–water partition coefficient (Wildman–Crippen LogP) is 3.78. The molecule has 26 heavy (non-hydrogen) atoms. The summed E-state index contributed by atoms with van der Waals surface area (Å²) in [5, 5.41) is 0. The minimum atomic E-state index is -3.68. The minimum absolute atomic E-state index is 0.137. The summed E-state index contributed by atoms with van der Waals surface area (Å²) in [7, 11) is -3.68. The van der Waals surface area contributed by atoms with Gasteiger partial charge in [-0.1, -0.05) is 15.9 Å². The average Bonchev–Trinajstić information content (AvgIpc) is 2.61. The Kier molecular flexibility index (Phi) is 4.31. The topological polar surface area (TPSA) is 66.5 Å². The van der Waals surface area contributed by atoms with Gasteiger partial charge in [-0.05, 0) is 73.2 Å². The number of amides is 1. The Hall–Kier alpha value is -1.86. The zero-order chi connectivity index (χ0) is 18.5. The number of carbonyl (C=O) groups is 1. The molecule has 0 saturated heterocycles. The molecule has 5 nitrogen and oxygen atoms in total. The van der Waals surface area contributed by atoms with Crippen molar-refractivity contribution in [3.05, 3.63) is 51.5 Å². The highest BCUT2D eigenvalue weighted by atomic mass is 79.9. The summed E-state index contributed by atoms with van der Waals surface area (Å²) in [6, 6.07) is 8.80. The van der Waals surface area contributed by atoms with Crippen molar-refractivity contribution in [1.82, 2.24) is 0 Å².